The van der Waals surface area contributed by atoms with Crippen LogP contribution in [0.5, 0.6) is 0 Å². The third-order valence-electron chi connectivity index (χ3n) is 4.71. The van der Waals surface area contributed by atoms with Crippen molar-refractivity contribution >= 4 is 11.6 Å². The predicted octanol–water partition coefficient (Wildman–Crippen LogP) is 4.02. The highest BCUT2D eigenvalue weighted by Crippen LogP contribution is 2.38. The lowest BCUT2D eigenvalue weighted by Gasteiger charge is -2.38. The molecule has 3 aromatic rings. The normalized spacial score (nSPS) is 21.5. The number of rotatable bonds is 2. The van der Waals surface area contributed by atoms with Gasteiger partial charge in [-0.05, 0) is 37.8 Å². The highest BCUT2D eigenvalue weighted by Gasteiger charge is 2.38. The van der Waals surface area contributed by atoms with Crippen LogP contribution in [0.3, 0.4) is 0 Å². The Morgan fingerprint density at radius 3 is 2.77 bits per heavy atom. The van der Waals surface area contributed by atoms with Gasteiger partial charge in [0.05, 0.1) is 12.3 Å². The minimum Gasteiger partial charge on any atom is -0.467 e. The standard InChI is InChI=1S/C17H18F3N5O/c1-10-5-6-24(12(8-10)13-4-3-7-26-13)14-9-11(2)21-16-22-15(17(18,19)20)23-25(14)16/h3-4,7,9-10,12H,5-6,8H2,1-2H3. The molecule has 1 saturated heterocycles. The van der Waals surface area contributed by atoms with Crippen LogP contribution in [0.4, 0.5) is 19.0 Å². The SMILES string of the molecule is Cc1cc(N2CCC(C)CC2c2ccco2)n2nc(C(F)(F)F)nc2n1. The van der Waals surface area contributed by atoms with Crippen molar-refractivity contribution in [1.29, 1.82) is 0 Å². The first-order valence-electron chi connectivity index (χ1n) is 8.44. The molecule has 0 aromatic carbocycles. The Bertz CT molecular complexity index is 919. The molecule has 0 saturated carbocycles. The molecule has 1 fully saturated rings. The lowest BCUT2D eigenvalue weighted by Crippen LogP contribution is -2.37. The van der Waals surface area contributed by atoms with Crippen molar-refractivity contribution in [2.24, 2.45) is 5.92 Å². The molecular formula is C17H18F3N5O. The number of fused-ring (bicyclic) bond motifs is 1. The topological polar surface area (TPSA) is 59.5 Å². The summed E-state index contributed by atoms with van der Waals surface area (Å²) in [7, 11) is 0. The Morgan fingerprint density at radius 2 is 2.08 bits per heavy atom. The molecule has 26 heavy (non-hydrogen) atoms. The third kappa shape index (κ3) is 2.91. The maximum absolute atomic E-state index is 13.1. The Hall–Kier alpha value is -2.58. The Labute approximate surface area is 147 Å². The van der Waals surface area contributed by atoms with Crippen molar-refractivity contribution in [2.45, 2.75) is 38.9 Å². The fraction of sp³-hybridized carbons (Fsp3) is 0.471. The van der Waals surface area contributed by atoms with Crippen LogP contribution in [-0.4, -0.2) is 26.1 Å². The van der Waals surface area contributed by atoms with E-state index >= 15 is 0 Å². The van der Waals surface area contributed by atoms with Gasteiger partial charge in [-0.25, -0.2) is 4.98 Å². The van der Waals surface area contributed by atoms with Crippen LogP contribution in [0.25, 0.3) is 5.78 Å². The molecule has 0 bridgehead atoms. The van der Waals surface area contributed by atoms with Crippen LogP contribution >= 0.6 is 0 Å². The number of hydrogen-bond donors (Lipinski definition) is 0. The van der Waals surface area contributed by atoms with E-state index in [-0.39, 0.29) is 11.8 Å². The molecule has 3 aromatic heterocycles. The van der Waals surface area contributed by atoms with Gasteiger partial charge in [-0.3, -0.25) is 0 Å². The lowest BCUT2D eigenvalue weighted by molar-refractivity contribution is -0.144. The largest absolute Gasteiger partial charge is 0.467 e. The first-order valence-corrected chi connectivity index (χ1v) is 8.44. The first kappa shape index (κ1) is 16.9. The Morgan fingerprint density at radius 1 is 1.27 bits per heavy atom. The van der Waals surface area contributed by atoms with E-state index in [0.717, 1.165) is 18.6 Å². The fourth-order valence-electron chi connectivity index (χ4n) is 3.46. The molecule has 1 aliphatic heterocycles. The Kier molecular flexibility index (Phi) is 3.89. The maximum atomic E-state index is 13.1. The van der Waals surface area contributed by atoms with Crippen molar-refractivity contribution in [1.82, 2.24) is 19.6 Å². The highest BCUT2D eigenvalue weighted by molar-refractivity contribution is 5.49. The van der Waals surface area contributed by atoms with Crippen LogP contribution < -0.4 is 4.90 Å². The molecule has 2 atom stereocenters. The van der Waals surface area contributed by atoms with Crippen molar-refractivity contribution in [3.63, 3.8) is 0 Å². The second-order valence-corrected chi connectivity index (χ2v) is 6.75. The van der Waals surface area contributed by atoms with Crippen molar-refractivity contribution in [3.05, 3.63) is 41.7 Å². The molecule has 1 aliphatic rings. The Balaban J connectivity index is 1.85. The maximum Gasteiger partial charge on any atom is 0.453 e. The van der Waals surface area contributed by atoms with E-state index in [1.54, 1.807) is 19.3 Å². The molecule has 0 amide bonds. The second kappa shape index (κ2) is 6.00. The van der Waals surface area contributed by atoms with E-state index in [0.29, 0.717) is 24.0 Å². The summed E-state index contributed by atoms with van der Waals surface area (Å²) in [6.07, 6.45) is -1.23. The third-order valence-corrected chi connectivity index (χ3v) is 4.71. The van der Waals surface area contributed by atoms with E-state index < -0.39 is 12.0 Å². The number of alkyl halides is 3. The van der Waals surface area contributed by atoms with Gasteiger partial charge in [0.2, 0.25) is 0 Å². The molecule has 9 heteroatoms. The molecule has 2 unspecified atom stereocenters. The molecule has 0 N–H and O–H groups in total. The molecule has 138 valence electrons. The molecule has 4 rings (SSSR count). The van der Waals surface area contributed by atoms with E-state index in [1.807, 2.05) is 17.0 Å². The lowest BCUT2D eigenvalue weighted by atomic mass is 9.91. The fourth-order valence-corrected chi connectivity index (χ4v) is 3.46. The number of piperidine rings is 1. The number of hydrogen-bond acceptors (Lipinski definition) is 5. The van der Waals surface area contributed by atoms with Gasteiger partial charge >= 0.3 is 6.18 Å². The number of halogens is 3. The second-order valence-electron chi connectivity index (χ2n) is 6.75. The molecule has 6 nitrogen and oxygen atoms in total. The zero-order valence-corrected chi connectivity index (χ0v) is 14.4. The van der Waals surface area contributed by atoms with Crippen LogP contribution in [0.15, 0.2) is 28.9 Å². The van der Waals surface area contributed by atoms with Crippen molar-refractivity contribution < 1.29 is 17.6 Å². The minimum absolute atomic E-state index is 0.0517. The first-order chi connectivity index (χ1) is 12.3. The number of anilines is 1. The van der Waals surface area contributed by atoms with Gasteiger partial charge in [0, 0.05) is 18.3 Å². The van der Waals surface area contributed by atoms with E-state index in [9.17, 15) is 13.2 Å². The zero-order valence-electron chi connectivity index (χ0n) is 14.4. The summed E-state index contributed by atoms with van der Waals surface area (Å²) in [5.41, 5.74) is 0.588. The summed E-state index contributed by atoms with van der Waals surface area (Å²) >= 11 is 0. The average Bonchev–Trinajstić information content (AvgIpc) is 3.23. The summed E-state index contributed by atoms with van der Waals surface area (Å²) < 4.78 is 45.9. The summed E-state index contributed by atoms with van der Waals surface area (Å²) in [6.45, 7) is 4.59. The smallest absolute Gasteiger partial charge is 0.453 e. The number of aromatic nitrogens is 4. The number of nitrogens with zero attached hydrogens (tertiary/aromatic N) is 5. The highest BCUT2D eigenvalue weighted by atomic mass is 19.4. The van der Waals surface area contributed by atoms with E-state index in [4.69, 9.17) is 4.42 Å². The van der Waals surface area contributed by atoms with Gasteiger partial charge in [0.15, 0.2) is 0 Å². The molecular weight excluding hydrogens is 347 g/mol. The summed E-state index contributed by atoms with van der Waals surface area (Å²) in [5.74, 6) is 0.585. The van der Waals surface area contributed by atoms with Crippen LogP contribution in [0, 0.1) is 12.8 Å². The van der Waals surface area contributed by atoms with Crippen molar-refractivity contribution in [2.75, 3.05) is 11.4 Å². The van der Waals surface area contributed by atoms with Gasteiger partial charge < -0.3 is 9.32 Å². The summed E-state index contributed by atoms with van der Waals surface area (Å²) in [6, 6.07) is 5.38. The van der Waals surface area contributed by atoms with Crippen LogP contribution in [0.1, 0.15) is 43.1 Å². The molecule has 4 heterocycles. The quantitative estimate of drug-likeness (QED) is 0.686. The molecule has 0 spiro atoms. The monoisotopic (exact) mass is 365 g/mol. The van der Waals surface area contributed by atoms with E-state index in [2.05, 4.69) is 22.0 Å². The average molecular weight is 365 g/mol. The van der Waals surface area contributed by atoms with Crippen LogP contribution in [-0.2, 0) is 6.18 Å². The summed E-state index contributed by atoms with van der Waals surface area (Å²) in [4.78, 5) is 9.71. The van der Waals surface area contributed by atoms with Gasteiger partial charge in [0.1, 0.15) is 11.6 Å². The van der Waals surface area contributed by atoms with E-state index in [1.165, 1.54) is 4.52 Å². The molecule has 0 radical (unpaired) electrons. The van der Waals surface area contributed by atoms with Crippen LogP contribution in [0.2, 0.25) is 0 Å². The predicted molar refractivity (Wildman–Crippen MR) is 87.7 cm³/mol. The molecule has 0 aliphatic carbocycles. The van der Waals surface area contributed by atoms with Gasteiger partial charge in [-0.15, -0.1) is 5.10 Å². The van der Waals surface area contributed by atoms with Gasteiger partial charge in [-0.1, -0.05) is 6.92 Å². The van der Waals surface area contributed by atoms with Gasteiger partial charge in [-0.2, -0.15) is 22.7 Å². The van der Waals surface area contributed by atoms with Gasteiger partial charge in [0.25, 0.3) is 11.6 Å². The number of furan rings is 1. The number of aryl methyl sites for hydroxylation is 1. The summed E-state index contributed by atoms with van der Waals surface area (Å²) in [5, 5.41) is 3.68. The minimum atomic E-state index is -4.62. The zero-order chi connectivity index (χ0) is 18.5. The van der Waals surface area contributed by atoms with Crippen molar-refractivity contribution in [3.8, 4) is 0 Å².